The van der Waals surface area contributed by atoms with Gasteiger partial charge in [-0.15, -0.1) is 0 Å². The Kier molecular flexibility index (Phi) is 8.22. The lowest BCUT2D eigenvalue weighted by molar-refractivity contribution is 0.0305. The van der Waals surface area contributed by atoms with E-state index >= 15 is 0 Å². The summed E-state index contributed by atoms with van der Waals surface area (Å²) in [5.41, 5.74) is 3.69. The van der Waals surface area contributed by atoms with Crippen molar-refractivity contribution in [2.75, 3.05) is 6.61 Å². The number of allylic oxidation sites excluding steroid dienone is 1. The quantitative estimate of drug-likeness (QED) is 0.242. The molecule has 33 heavy (non-hydrogen) atoms. The third-order valence-electron chi connectivity index (χ3n) is 8.33. The molecule has 0 atom stereocenters. The van der Waals surface area contributed by atoms with Crippen LogP contribution in [0.5, 0.6) is 5.75 Å². The Balaban J connectivity index is 1.32. The Morgan fingerprint density at radius 1 is 0.818 bits per heavy atom. The molecule has 3 aliphatic rings. The topological polar surface area (TPSA) is 35.0 Å². The van der Waals surface area contributed by atoms with Crippen molar-refractivity contribution in [3.8, 4) is 17.1 Å². The molecule has 1 aromatic heterocycles. The van der Waals surface area contributed by atoms with Crippen LogP contribution in [0.25, 0.3) is 11.4 Å². The van der Waals surface area contributed by atoms with Gasteiger partial charge in [0.15, 0.2) is 11.6 Å². The molecule has 178 valence electrons. The van der Waals surface area contributed by atoms with Crippen molar-refractivity contribution in [1.82, 2.24) is 9.97 Å². The summed E-state index contributed by atoms with van der Waals surface area (Å²) in [5, 5.41) is 0. The molecule has 3 nitrogen and oxygen atoms in total. The molecule has 5 rings (SSSR count). The smallest absolute Gasteiger partial charge is 0.159 e. The predicted octanol–water partition coefficient (Wildman–Crippen LogP) is 8.44. The van der Waals surface area contributed by atoms with Gasteiger partial charge in [-0.1, -0.05) is 82.4 Å². The van der Waals surface area contributed by atoms with E-state index in [-0.39, 0.29) is 0 Å². The lowest BCUT2D eigenvalue weighted by Gasteiger charge is -2.54. The number of benzene rings is 1. The van der Waals surface area contributed by atoms with Crippen LogP contribution in [0.15, 0.2) is 48.8 Å². The highest BCUT2D eigenvalue weighted by Gasteiger charge is 2.48. The maximum atomic E-state index is 5.73. The summed E-state index contributed by atoms with van der Waals surface area (Å²) in [5.74, 6) is 1.49. The molecule has 2 bridgehead atoms. The van der Waals surface area contributed by atoms with E-state index in [1.165, 1.54) is 82.6 Å². The van der Waals surface area contributed by atoms with E-state index in [9.17, 15) is 0 Å². The van der Waals surface area contributed by atoms with Gasteiger partial charge in [0.1, 0.15) is 6.61 Å². The number of ether oxygens (including phenoxy) is 1. The van der Waals surface area contributed by atoms with Gasteiger partial charge in [-0.25, -0.2) is 9.97 Å². The molecule has 3 heteroatoms. The summed E-state index contributed by atoms with van der Waals surface area (Å²) in [4.78, 5) is 9.10. The number of aromatic nitrogens is 2. The first kappa shape index (κ1) is 24.0. The van der Waals surface area contributed by atoms with Gasteiger partial charge >= 0.3 is 0 Å². The molecule has 0 spiro atoms. The van der Waals surface area contributed by atoms with Gasteiger partial charge in [-0.3, -0.25) is 0 Å². The summed E-state index contributed by atoms with van der Waals surface area (Å²) in [6.45, 7) is 5.10. The van der Waals surface area contributed by atoms with Gasteiger partial charge in [-0.2, -0.15) is 0 Å². The minimum atomic E-state index is 0.411. The summed E-state index contributed by atoms with van der Waals surface area (Å²) < 4.78 is 5.73. The Morgan fingerprint density at radius 2 is 1.48 bits per heavy atom. The average molecular weight is 447 g/mol. The van der Waals surface area contributed by atoms with E-state index in [1.807, 2.05) is 0 Å². The summed E-state index contributed by atoms with van der Waals surface area (Å²) in [6.07, 6.45) is 25.4. The van der Waals surface area contributed by atoms with E-state index in [0.29, 0.717) is 17.4 Å². The third-order valence-corrected chi connectivity index (χ3v) is 8.33. The fraction of sp³-hybridized carbons (Fsp3) is 0.600. The van der Waals surface area contributed by atoms with Crippen LogP contribution in [0.3, 0.4) is 0 Å². The molecule has 3 fully saturated rings. The first-order chi connectivity index (χ1) is 16.2. The monoisotopic (exact) mass is 446 g/mol. The number of hydrogen-bond donors (Lipinski definition) is 0. The van der Waals surface area contributed by atoms with Crippen LogP contribution in [0, 0.1) is 5.41 Å². The second kappa shape index (κ2) is 11.3. The molecule has 3 saturated carbocycles. The number of fused-ring (bicyclic) bond motifs is 3. The van der Waals surface area contributed by atoms with Crippen LogP contribution in [0.1, 0.15) is 103 Å². The van der Waals surface area contributed by atoms with Crippen LogP contribution < -0.4 is 4.74 Å². The zero-order chi connectivity index (χ0) is 23.0. The first-order valence-electron chi connectivity index (χ1n) is 13.4. The minimum absolute atomic E-state index is 0.411. The zero-order valence-electron chi connectivity index (χ0n) is 20.8. The van der Waals surface area contributed by atoms with Gasteiger partial charge in [0.25, 0.3) is 0 Å². The van der Waals surface area contributed by atoms with Crippen molar-refractivity contribution >= 4 is 0 Å². The third kappa shape index (κ3) is 5.86. The second-order valence-electron chi connectivity index (χ2n) is 10.5. The highest BCUT2D eigenvalue weighted by Crippen LogP contribution is 2.59. The Labute approximate surface area is 201 Å². The molecule has 0 aliphatic heterocycles. The van der Waals surface area contributed by atoms with Gasteiger partial charge < -0.3 is 4.74 Å². The molecule has 3 aliphatic carbocycles. The highest BCUT2D eigenvalue weighted by atomic mass is 16.5. The van der Waals surface area contributed by atoms with Crippen LogP contribution >= 0.6 is 0 Å². The maximum absolute atomic E-state index is 5.73. The normalized spacial score (nSPS) is 24.4. The molecule has 0 saturated heterocycles. The van der Waals surface area contributed by atoms with E-state index < -0.39 is 0 Å². The summed E-state index contributed by atoms with van der Waals surface area (Å²) in [7, 11) is 0. The molecule has 0 unspecified atom stereocenters. The summed E-state index contributed by atoms with van der Waals surface area (Å²) in [6, 6.07) is 9.13. The van der Waals surface area contributed by atoms with Gasteiger partial charge in [0, 0.05) is 5.56 Å². The fourth-order valence-electron chi connectivity index (χ4n) is 5.99. The zero-order valence-corrected chi connectivity index (χ0v) is 20.8. The van der Waals surface area contributed by atoms with Crippen LogP contribution in [-0.4, -0.2) is 16.6 Å². The first-order valence-corrected chi connectivity index (χ1v) is 13.4. The van der Waals surface area contributed by atoms with Crippen molar-refractivity contribution in [2.24, 2.45) is 5.41 Å². The maximum Gasteiger partial charge on any atom is 0.159 e. The molecule has 1 aromatic carbocycles. The number of unbranched alkanes of at least 4 members (excludes halogenated alkanes) is 4. The van der Waals surface area contributed by atoms with Gasteiger partial charge in [0.2, 0.25) is 0 Å². The van der Waals surface area contributed by atoms with Crippen molar-refractivity contribution < 1.29 is 4.74 Å². The Hall–Kier alpha value is -2.16. The van der Waals surface area contributed by atoms with Crippen LogP contribution in [0.4, 0.5) is 0 Å². The van der Waals surface area contributed by atoms with E-state index in [0.717, 1.165) is 23.6 Å². The lowest BCUT2D eigenvalue weighted by Crippen LogP contribution is -2.44. The average Bonchev–Trinajstić information content (AvgIpc) is 2.88. The largest absolute Gasteiger partial charge is 0.486 e. The number of nitrogens with zero attached hydrogens (tertiary/aromatic N) is 2. The molecule has 0 amide bonds. The fourth-order valence-corrected chi connectivity index (χ4v) is 5.99. The Morgan fingerprint density at radius 3 is 2.12 bits per heavy atom. The van der Waals surface area contributed by atoms with E-state index in [4.69, 9.17) is 4.74 Å². The number of rotatable bonds is 12. The van der Waals surface area contributed by atoms with Crippen molar-refractivity contribution in [1.29, 1.82) is 0 Å². The molecule has 0 N–H and O–H groups in total. The van der Waals surface area contributed by atoms with E-state index in [1.54, 1.807) is 12.4 Å². The lowest BCUT2D eigenvalue weighted by atomic mass is 9.51. The summed E-state index contributed by atoms with van der Waals surface area (Å²) >= 11 is 0. The highest BCUT2D eigenvalue weighted by molar-refractivity contribution is 5.56. The standard InChI is InChI=1S/C30H42N2O/c1-3-5-7-8-10-22-33-27-23-31-28(32-24-27)25-11-13-26(14-12-25)30-19-16-29(17-20-30,18-21-30)15-9-6-4-2/h8,10-14,23-24H,3-7,9,15-22H2,1-2H3/b10-8+. The van der Waals surface area contributed by atoms with E-state index in [2.05, 4.69) is 60.2 Å². The Bertz CT molecular complexity index is 860. The van der Waals surface area contributed by atoms with Crippen molar-refractivity contribution in [3.05, 3.63) is 54.4 Å². The van der Waals surface area contributed by atoms with Gasteiger partial charge in [0.05, 0.1) is 12.4 Å². The molecule has 1 heterocycles. The van der Waals surface area contributed by atoms with Crippen LogP contribution in [0.2, 0.25) is 0 Å². The minimum Gasteiger partial charge on any atom is -0.486 e. The van der Waals surface area contributed by atoms with Crippen LogP contribution in [-0.2, 0) is 5.41 Å². The molecule has 0 radical (unpaired) electrons. The molecule has 2 aromatic rings. The number of hydrogen-bond acceptors (Lipinski definition) is 3. The second-order valence-corrected chi connectivity index (χ2v) is 10.5. The molecular formula is C30H42N2O. The predicted molar refractivity (Wildman–Crippen MR) is 138 cm³/mol. The molecular weight excluding hydrogens is 404 g/mol. The van der Waals surface area contributed by atoms with Crippen molar-refractivity contribution in [3.63, 3.8) is 0 Å². The van der Waals surface area contributed by atoms with Gasteiger partial charge in [-0.05, 0) is 67.8 Å². The SMILES string of the molecule is CCCC/C=C/COc1cnc(-c2ccc(C34CCC(CCCCC)(CC3)CC4)cc2)nc1. The van der Waals surface area contributed by atoms with Crippen molar-refractivity contribution in [2.45, 2.75) is 103 Å².